The number of methoxy groups -OCH3 is 1. The van der Waals surface area contributed by atoms with Crippen molar-refractivity contribution in [2.24, 2.45) is 11.8 Å². The maximum absolute atomic E-state index is 5.41. The average molecular weight is 371 g/mol. The molecular weight excluding hydrogens is 332 g/mol. The molecule has 1 aromatic carbocycles. The maximum atomic E-state index is 5.41. The van der Waals surface area contributed by atoms with Crippen molar-refractivity contribution in [1.29, 1.82) is 0 Å². The van der Waals surface area contributed by atoms with Gasteiger partial charge in [-0.15, -0.1) is 0 Å². The number of rotatable bonds is 8. The molecule has 0 aromatic heterocycles. The van der Waals surface area contributed by atoms with Crippen LogP contribution in [-0.4, -0.2) is 62.3 Å². The third kappa shape index (κ3) is 5.13. The van der Waals surface area contributed by atoms with E-state index in [2.05, 4.69) is 34.1 Å². The van der Waals surface area contributed by atoms with Crippen molar-refractivity contribution in [2.75, 3.05) is 46.4 Å². The van der Waals surface area contributed by atoms with Crippen LogP contribution in [-0.2, 0) is 17.6 Å². The van der Waals surface area contributed by atoms with Gasteiger partial charge in [-0.05, 0) is 68.0 Å². The van der Waals surface area contributed by atoms with Gasteiger partial charge < -0.3 is 9.64 Å². The van der Waals surface area contributed by atoms with E-state index in [-0.39, 0.29) is 0 Å². The van der Waals surface area contributed by atoms with Crippen LogP contribution in [0.3, 0.4) is 0 Å². The summed E-state index contributed by atoms with van der Waals surface area (Å²) in [6.45, 7) is 7.16. The van der Waals surface area contributed by atoms with Gasteiger partial charge >= 0.3 is 0 Å². The number of hydrogen-bond donors (Lipinski definition) is 0. The lowest BCUT2D eigenvalue weighted by molar-refractivity contribution is 0.0808. The molecule has 1 saturated carbocycles. The van der Waals surface area contributed by atoms with Gasteiger partial charge in [0, 0.05) is 39.3 Å². The molecule has 0 unspecified atom stereocenters. The summed E-state index contributed by atoms with van der Waals surface area (Å²) in [4.78, 5) is 5.55. The number of fused-ring (bicyclic) bond motifs is 1. The predicted molar refractivity (Wildman–Crippen MR) is 112 cm³/mol. The SMILES string of the molecule is COCCN(CC1CCCC1)C[C@@H]1CCCN(C2Cc3ccccc3C2)C1. The maximum Gasteiger partial charge on any atom is 0.0589 e. The second kappa shape index (κ2) is 9.54. The van der Waals surface area contributed by atoms with Gasteiger partial charge in [0.25, 0.3) is 0 Å². The van der Waals surface area contributed by atoms with E-state index in [4.69, 9.17) is 4.74 Å². The Morgan fingerprint density at radius 1 is 0.963 bits per heavy atom. The molecule has 1 atom stereocenters. The Morgan fingerprint density at radius 2 is 1.63 bits per heavy atom. The Balaban J connectivity index is 1.31. The van der Waals surface area contributed by atoms with Crippen molar-refractivity contribution in [1.82, 2.24) is 9.80 Å². The van der Waals surface area contributed by atoms with Gasteiger partial charge in [-0.25, -0.2) is 0 Å². The second-order valence-corrected chi connectivity index (χ2v) is 9.24. The minimum atomic E-state index is 0.743. The second-order valence-electron chi connectivity index (χ2n) is 9.24. The molecule has 2 aliphatic carbocycles. The van der Waals surface area contributed by atoms with Crippen molar-refractivity contribution < 1.29 is 4.74 Å². The highest BCUT2D eigenvalue weighted by Crippen LogP contribution is 2.30. The third-order valence-corrected chi connectivity index (χ3v) is 7.22. The monoisotopic (exact) mass is 370 g/mol. The number of nitrogens with zero attached hydrogens (tertiary/aromatic N) is 2. The third-order valence-electron chi connectivity index (χ3n) is 7.22. The predicted octanol–water partition coefficient (Wildman–Crippen LogP) is 4.00. The molecule has 0 spiro atoms. The van der Waals surface area contributed by atoms with Gasteiger partial charge in [0.15, 0.2) is 0 Å². The molecule has 0 radical (unpaired) electrons. The summed E-state index contributed by atoms with van der Waals surface area (Å²) in [6, 6.07) is 9.83. The quantitative estimate of drug-likeness (QED) is 0.688. The molecular formula is C24H38N2O. The van der Waals surface area contributed by atoms with E-state index in [1.165, 1.54) is 77.5 Å². The normalized spacial score (nSPS) is 24.7. The Morgan fingerprint density at radius 3 is 2.33 bits per heavy atom. The minimum Gasteiger partial charge on any atom is -0.383 e. The van der Waals surface area contributed by atoms with E-state index in [1.807, 2.05) is 7.11 Å². The molecule has 3 heteroatoms. The molecule has 3 aliphatic rings. The summed E-state index contributed by atoms with van der Waals surface area (Å²) >= 11 is 0. The summed E-state index contributed by atoms with van der Waals surface area (Å²) in [5, 5.41) is 0. The average Bonchev–Trinajstić information content (AvgIpc) is 3.35. The summed E-state index contributed by atoms with van der Waals surface area (Å²) < 4.78 is 5.41. The van der Waals surface area contributed by atoms with Gasteiger partial charge in [0.1, 0.15) is 0 Å². The van der Waals surface area contributed by atoms with E-state index < -0.39 is 0 Å². The molecule has 1 saturated heterocycles. The largest absolute Gasteiger partial charge is 0.383 e. The van der Waals surface area contributed by atoms with Crippen LogP contribution < -0.4 is 0 Å². The fraction of sp³-hybridized carbons (Fsp3) is 0.750. The van der Waals surface area contributed by atoms with Crippen LogP contribution in [0.4, 0.5) is 0 Å². The van der Waals surface area contributed by atoms with Gasteiger partial charge in [-0.2, -0.15) is 0 Å². The number of likely N-dealkylation sites (tertiary alicyclic amines) is 1. The molecule has 1 aromatic rings. The van der Waals surface area contributed by atoms with Crippen molar-refractivity contribution in [3.63, 3.8) is 0 Å². The van der Waals surface area contributed by atoms with Crippen LogP contribution in [0.25, 0.3) is 0 Å². The topological polar surface area (TPSA) is 15.7 Å². The van der Waals surface area contributed by atoms with E-state index in [9.17, 15) is 0 Å². The highest BCUT2D eigenvalue weighted by molar-refractivity contribution is 5.33. The molecule has 1 aliphatic heterocycles. The standard InChI is InChI=1S/C24H38N2O/c1-27-14-13-25(17-20-7-2-3-8-20)18-21-9-6-12-26(19-21)24-15-22-10-4-5-11-23(22)16-24/h4-5,10-11,20-21,24H,2-3,6-9,12-19H2,1H3/t21-/m0/s1. The van der Waals surface area contributed by atoms with E-state index in [0.717, 1.165) is 31.0 Å². The summed E-state index contributed by atoms with van der Waals surface area (Å²) in [6.07, 6.45) is 11.1. The molecule has 0 N–H and O–H groups in total. The van der Waals surface area contributed by atoms with E-state index >= 15 is 0 Å². The van der Waals surface area contributed by atoms with E-state index in [1.54, 1.807) is 11.1 Å². The van der Waals surface area contributed by atoms with Crippen molar-refractivity contribution in [3.05, 3.63) is 35.4 Å². The van der Waals surface area contributed by atoms with Gasteiger partial charge in [-0.3, -0.25) is 4.90 Å². The van der Waals surface area contributed by atoms with Crippen molar-refractivity contribution >= 4 is 0 Å². The molecule has 2 fully saturated rings. The minimum absolute atomic E-state index is 0.743. The number of hydrogen-bond acceptors (Lipinski definition) is 3. The zero-order valence-electron chi connectivity index (χ0n) is 17.2. The Labute approximate surface area is 166 Å². The lowest BCUT2D eigenvalue weighted by Gasteiger charge is -2.39. The fourth-order valence-corrected chi connectivity index (χ4v) is 5.77. The van der Waals surface area contributed by atoms with E-state index in [0.29, 0.717) is 0 Å². The Bertz CT molecular complexity index is 558. The van der Waals surface area contributed by atoms with Crippen LogP contribution in [0.1, 0.15) is 49.7 Å². The van der Waals surface area contributed by atoms with Crippen LogP contribution in [0.5, 0.6) is 0 Å². The van der Waals surface area contributed by atoms with Crippen LogP contribution >= 0.6 is 0 Å². The van der Waals surface area contributed by atoms with Crippen molar-refractivity contribution in [3.8, 4) is 0 Å². The highest BCUT2D eigenvalue weighted by Gasteiger charge is 2.31. The number of ether oxygens (including phenoxy) is 1. The van der Waals surface area contributed by atoms with Crippen molar-refractivity contribution in [2.45, 2.75) is 57.4 Å². The molecule has 150 valence electrons. The van der Waals surface area contributed by atoms with Crippen LogP contribution in [0.2, 0.25) is 0 Å². The van der Waals surface area contributed by atoms with Gasteiger partial charge in [-0.1, -0.05) is 37.1 Å². The zero-order chi connectivity index (χ0) is 18.5. The molecule has 1 heterocycles. The smallest absolute Gasteiger partial charge is 0.0589 e. The fourth-order valence-electron chi connectivity index (χ4n) is 5.77. The molecule has 27 heavy (non-hydrogen) atoms. The van der Waals surface area contributed by atoms with Gasteiger partial charge in [0.05, 0.1) is 6.61 Å². The van der Waals surface area contributed by atoms with Crippen LogP contribution in [0, 0.1) is 11.8 Å². The molecule has 0 bridgehead atoms. The first-order valence-electron chi connectivity index (χ1n) is 11.3. The van der Waals surface area contributed by atoms with Gasteiger partial charge in [0.2, 0.25) is 0 Å². The lowest BCUT2D eigenvalue weighted by atomic mass is 9.95. The molecule has 4 rings (SSSR count). The number of piperidine rings is 1. The first-order valence-corrected chi connectivity index (χ1v) is 11.3. The first-order chi connectivity index (χ1) is 13.3. The molecule has 3 nitrogen and oxygen atoms in total. The Kier molecular flexibility index (Phi) is 6.86. The Hall–Kier alpha value is -0.900. The first kappa shape index (κ1) is 19.4. The summed E-state index contributed by atoms with van der Waals surface area (Å²) in [5.41, 5.74) is 3.18. The molecule has 0 amide bonds. The lowest BCUT2D eigenvalue weighted by Crippen LogP contribution is -2.47. The zero-order valence-corrected chi connectivity index (χ0v) is 17.2. The summed E-state index contributed by atoms with van der Waals surface area (Å²) in [5.74, 6) is 1.77. The highest BCUT2D eigenvalue weighted by atomic mass is 16.5. The van der Waals surface area contributed by atoms with Crippen LogP contribution in [0.15, 0.2) is 24.3 Å². The number of benzene rings is 1. The summed E-state index contributed by atoms with van der Waals surface area (Å²) in [7, 11) is 1.84.